The molecule has 0 spiro atoms. The number of sulfonamides is 1. The maximum atomic E-state index is 12.6. The van der Waals surface area contributed by atoms with Crippen molar-refractivity contribution in [2.24, 2.45) is 0 Å². The predicted molar refractivity (Wildman–Crippen MR) is 96.7 cm³/mol. The average Bonchev–Trinajstić information content (AvgIpc) is 3.22. The number of rotatable bonds is 6. The molecular weight excluding hydrogens is 372 g/mol. The lowest BCUT2D eigenvalue weighted by Crippen LogP contribution is -2.35. The first-order valence-electron chi connectivity index (χ1n) is 8.57. The highest BCUT2D eigenvalue weighted by Gasteiger charge is 2.25. The van der Waals surface area contributed by atoms with Crippen LogP contribution >= 0.6 is 0 Å². The van der Waals surface area contributed by atoms with Crippen molar-refractivity contribution in [3.8, 4) is 0 Å². The van der Waals surface area contributed by atoms with Gasteiger partial charge in [0.25, 0.3) is 5.91 Å². The maximum Gasteiger partial charge on any atom is 0.374 e. The van der Waals surface area contributed by atoms with Gasteiger partial charge in [-0.25, -0.2) is 13.2 Å². The van der Waals surface area contributed by atoms with E-state index in [0.717, 1.165) is 19.3 Å². The summed E-state index contributed by atoms with van der Waals surface area (Å²) < 4.78 is 36.4. The van der Waals surface area contributed by atoms with Crippen LogP contribution in [0.4, 0.5) is 5.69 Å². The molecule has 1 aromatic carbocycles. The number of esters is 1. The number of carbonyl (C=O) groups excluding carboxylic acids is 2. The molecule has 2 aromatic rings. The molecule has 1 aromatic heterocycles. The van der Waals surface area contributed by atoms with Crippen molar-refractivity contribution in [2.75, 3.05) is 25.0 Å². The Balaban J connectivity index is 1.55. The van der Waals surface area contributed by atoms with E-state index in [9.17, 15) is 18.0 Å². The van der Waals surface area contributed by atoms with Gasteiger partial charge >= 0.3 is 5.97 Å². The van der Waals surface area contributed by atoms with E-state index in [0.29, 0.717) is 18.8 Å². The summed E-state index contributed by atoms with van der Waals surface area (Å²) in [6.45, 7) is 0.580. The number of amides is 1. The third kappa shape index (κ3) is 4.75. The molecule has 0 atom stereocenters. The summed E-state index contributed by atoms with van der Waals surface area (Å²) in [5.41, 5.74) is 0.409. The summed E-state index contributed by atoms with van der Waals surface area (Å²) in [7, 11) is -3.51. The fourth-order valence-corrected chi connectivity index (χ4v) is 4.28. The van der Waals surface area contributed by atoms with E-state index in [1.54, 1.807) is 0 Å². The van der Waals surface area contributed by atoms with Gasteiger partial charge in [0.05, 0.1) is 11.2 Å². The highest BCUT2D eigenvalue weighted by molar-refractivity contribution is 7.89. The minimum Gasteiger partial charge on any atom is -0.457 e. The largest absolute Gasteiger partial charge is 0.457 e. The number of piperidine rings is 1. The lowest BCUT2D eigenvalue weighted by Gasteiger charge is -2.25. The molecule has 1 aliphatic heterocycles. The van der Waals surface area contributed by atoms with E-state index in [-0.39, 0.29) is 10.7 Å². The van der Waals surface area contributed by atoms with Crippen LogP contribution in [0.2, 0.25) is 0 Å². The second-order valence-electron chi connectivity index (χ2n) is 6.09. The molecule has 1 fully saturated rings. The first kappa shape index (κ1) is 19.1. The van der Waals surface area contributed by atoms with Gasteiger partial charge in [-0.05, 0) is 49.2 Å². The number of nitrogens with one attached hydrogen (secondary N) is 1. The molecule has 3 rings (SSSR count). The third-order valence-corrected chi connectivity index (χ3v) is 6.06. The molecule has 2 heterocycles. The molecule has 0 bridgehead atoms. The first-order valence-corrected chi connectivity index (χ1v) is 10.0. The van der Waals surface area contributed by atoms with Crippen LogP contribution in [-0.2, 0) is 19.6 Å². The Hall–Kier alpha value is -2.65. The topological polar surface area (TPSA) is 106 Å². The molecule has 0 radical (unpaired) electrons. The van der Waals surface area contributed by atoms with E-state index in [1.807, 2.05) is 0 Å². The highest BCUT2D eigenvalue weighted by atomic mass is 32.2. The fraction of sp³-hybridized carbons (Fsp3) is 0.333. The minimum absolute atomic E-state index is 0.00933. The molecule has 9 heteroatoms. The van der Waals surface area contributed by atoms with E-state index in [1.165, 1.54) is 47.0 Å². The minimum atomic E-state index is -3.51. The Kier molecular flexibility index (Phi) is 5.92. The SMILES string of the molecule is O=C(COC(=O)c1ccco1)Nc1ccc(S(=O)(=O)N2CCCCC2)cc1. The van der Waals surface area contributed by atoms with E-state index in [4.69, 9.17) is 9.15 Å². The van der Waals surface area contributed by atoms with Crippen molar-refractivity contribution in [3.63, 3.8) is 0 Å². The van der Waals surface area contributed by atoms with Crippen LogP contribution in [0.25, 0.3) is 0 Å². The van der Waals surface area contributed by atoms with Crippen LogP contribution in [0.1, 0.15) is 29.8 Å². The van der Waals surface area contributed by atoms with Gasteiger partial charge in [-0.2, -0.15) is 4.31 Å². The molecule has 8 nitrogen and oxygen atoms in total. The summed E-state index contributed by atoms with van der Waals surface area (Å²) in [6.07, 6.45) is 4.10. The Morgan fingerprint density at radius 2 is 1.78 bits per heavy atom. The zero-order valence-corrected chi connectivity index (χ0v) is 15.4. The van der Waals surface area contributed by atoms with Gasteiger partial charge in [-0.1, -0.05) is 6.42 Å². The number of furan rings is 1. The first-order chi connectivity index (χ1) is 13.0. The zero-order chi connectivity index (χ0) is 19.3. The highest BCUT2D eigenvalue weighted by Crippen LogP contribution is 2.22. The van der Waals surface area contributed by atoms with E-state index >= 15 is 0 Å². The fourth-order valence-electron chi connectivity index (χ4n) is 2.76. The molecule has 1 saturated heterocycles. The van der Waals surface area contributed by atoms with Crippen LogP contribution in [-0.4, -0.2) is 44.3 Å². The number of hydrogen-bond acceptors (Lipinski definition) is 6. The maximum absolute atomic E-state index is 12.6. The second-order valence-corrected chi connectivity index (χ2v) is 8.03. The number of ether oxygens (including phenoxy) is 1. The molecule has 0 aliphatic carbocycles. The molecule has 27 heavy (non-hydrogen) atoms. The molecule has 0 unspecified atom stereocenters. The monoisotopic (exact) mass is 392 g/mol. The zero-order valence-electron chi connectivity index (χ0n) is 14.6. The molecule has 1 amide bonds. The van der Waals surface area contributed by atoms with Gasteiger partial charge in [-0.3, -0.25) is 4.79 Å². The predicted octanol–water partition coefficient (Wildman–Crippen LogP) is 2.25. The summed E-state index contributed by atoms with van der Waals surface area (Å²) in [5, 5.41) is 2.55. The normalized spacial score (nSPS) is 15.3. The number of hydrogen-bond donors (Lipinski definition) is 1. The lowest BCUT2D eigenvalue weighted by molar-refractivity contribution is -0.119. The van der Waals surface area contributed by atoms with E-state index in [2.05, 4.69) is 5.32 Å². The molecular formula is C18H20N2O6S. The average molecular weight is 392 g/mol. The smallest absolute Gasteiger partial charge is 0.374 e. The van der Waals surface area contributed by atoms with Crippen LogP contribution in [0.5, 0.6) is 0 Å². The molecule has 1 aliphatic rings. The summed E-state index contributed by atoms with van der Waals surface area (Å²) in [6, 6.07) is 8.88. The molecule has 1 N–H and O–H groups in total. The Labute approximate surface area is 157 Å². The van der Waals surface area contributed by atoms with Crippen molar-refractivity contribution in [2.45, 2.75) is 24.2 Å². The Morgan fingerprint density at radius 1 is 1.07 bits per heavy atom. The van der Waals surface area contributed by atoms with Crippen LogP contribution in [0.3, 0.4) is 0 Å². The second kappa shape index (κ2) is 8.36. The van der Waals surface area contributed by atoms with Gasteiger partial charge in [0.15, 0.2) is 6.61 Å². The lowest BCUT2D eigenvalue weighted by atomic mass is 10.2. The number of nitrogens with zero attached hydrogens (tertiary/aromatic N) is 1. The van der Waals surface area contributed by atoms with Crippen molar-refractivity contribution < 1.29 is 27.2 Å². The van der Waals surface area contributed by atoms with Gasteiger partial charge < -0.3 is 14.5 Å². The molecule has 144 valence electrons. The summed E-state index contributed by atoms with van der Waals surface area (Å²) >= 11 is 0. The standard InChI is InChI=1S/C18H20N2O6S/c21-17(13-26-18(22)16-5-4-12-25-16)19-14-6-8-15(9-7-14)27(23,24)20-10-2-1-3-11-20/h4-9,12H,1-3,10-11,13H2,(H,19,21). The quantitative estimate of drug-likeness (QED) is 0.756. The van der Waals surface area contributed by atoms with Crippen molar-refractivity contribution in [1.29, 1.82) is 0 Å². The van der Waals surface area contributed by atoms with E-state index < -0.39 is 28.5 Å². The van der Waals surface area contributed by atoms with Crippen LogP contribution < -0.4 is 5.32 Å². The van der Waals surface area contributed by atoms with Crippen molar-refractivity contribution in [1.82, 2.24) is 4.31 Å². The Morgan fingerprint density at radius 3 is 2.41 bits per heavy atom. The van der Waals surface area contributed by atoms with Crippen molar-refractivity contribution >= 4 is 27.6 Å². The third-order valence-electron chi connectivity index (χ3n) is 4.15. The van der Waals surface area contributed by atoms with Gasteiger partial charge in [-0.15, -0.1) is 0 Å². The van der Waals surface area contributed by atoms with Crippen LogP contribution in [0.15, 0.2) is 52.0 Å². The van der Waals surface area contributed by atoms with Gasteiger partial charge in [0.2, 0.25) is 15.8 Å². The van der Waals surface area contributed by atoms with Crippen LogP contribution in [0, 0.1) is 0 Å². The number of anilines is 1. The number of benzene rings is 1. The van der Waals surface area contributed by atoms with Gasteiger partial charge in [0, 0.05) is 18.8 Å². The molecule has 0 saturated carbocycles. The number of carbonyl (C=O) groups is 2. The van der Waals surface area contributed by atoms with Gasteiger partial charge in [0.1, 0.15) is 0 Å². The van der Waals surface area contributed by atoms with Crippen molar-refractivity contribution in [3.05, 3.63) is 48.4 Å². The Bertz CT molecular complexity index is 884. The summed E-state index contributed by atoms with van der Waals surface area (Å²) in [4.78, 5) is 23.7. The summed E-state index contributed by atoms with van der Waals surface area (Å²) in [5.74, 6) is -1.27.